The number of guanidine groups is 1. The molecule has 8 nitrogen and oxygen atoms in total. The second-order valence-corrected chi connectivity index (χ2v) is 8.52. The molecular formula is C22H37N5O3. The summed E-state index contributed by atoms with van der Waals surface area (Å²) in [5, 5.41) is 9.22. The van der Waals surface area contributed by atoms with E-state index in [-0.39, 0.29) is 0 Å². The second kappa shape index (κ2) is 11.8. The van der Waals surface area contributed by atoms with Crippen LogP contribution in [0.25, 0.3) is 0 Å². The molecule has 1 aliphatic heterocycles. The van der Waals surface area contributed by atoms with Gasteiger partial charge in [-0.2, -0.15) is 0 Å². The van der Waals surface area contributed by atoms with Gasteiger partial charge in [0.25, 0.3) is 0 Å². The van der Waals surface area contributed by atoms with Gasteiger partial charge in [0.2, 0.25) is 0 Å². The SMILES string of the molecule is CN=C(NCCNC(=O)OC(C)(C)C)NCc1cccc(CN2CCOC(C)C2)c1. The highest BCUT2D eigenvalue weighted by molar-refractivity contribution is 5.79. The van der Waals surface area contributed by atoms with E-state index in [1.807, 2.05) is 20.8 Å². The van der Waals surface area contributed by atoms with Crippen molar-refractivity contribution in [1.29, 1.82) is 0 Å². The molecule has 0 saturated carbocycles. The van der Waals surface area contributed by atoms with Crippen molar-refractivity contribution in [3.63, 3.8) is 0 Å². The number of morpholine rings is 1. The van der Waals surface area contributed by atoms with Gasteiger partial charge in [0.05, 0.1) is 12.7 Å². The molecule has 8 heteroatoms. The van der Waals surface area contributed by atoms with Crippen molar-refractivity contribution in [3.05, 3.63) is 35.4 Å². The van der Waals surface area contributed by atoms with E-state index in [0.29, 0.717) is 31.7 Å². The standard InChI is InChI=1S/C22H37N5O3/c1-17-15-27(11-12-29-17)16-19-8-6-7-18(13-19)14-26-20(23-5)24-9-10-25-21(28)30-22(2,3)4/h6-8,13,17H,9-12,14-16H2,1-5H3,(H,25,28)(H2,23,24,26). The zero-order valence-electron chi connectivity index (χ0n) is 19.0. The maximum atomic E-state index is 11.7. The number of nitrogens with one attached hydrogen (secondary N) is 3. The fourth-order valence-corrected chi connectivity index (χ4v) is 3.20. The van der Waals surface area contributed by atoms with E-state index in [1.165, 1.54) is 11.1 Å². The van der Waals surface area contributed by atoms with E-state index in [9.17, 15) is 4.79 Å². The number of nitrogens with zero attached hydrogens (tertiary/aromatic N) is 2. The molecule has 1 amide bonds. The minimum Gasteiger partial charge on any atom is -0.444 e. The number of hydrogen-bond donors (Lipinski definition) is 3. The number of ether oxygens (including phenoxy) is 2. The van der Waals surface area contributed by atoms with Crippen LogP contribution in [0.3, 0.4) is 0 Å². The molecule has 1 fully saturated rings. The van der Waals surface area contributed by atoms with Gasteiger partial charge in [-0.15, -0.1) is 0 Å². The van der Waals surface area contributed by atoms with E-state index < -0.39 is 11.7 Å². The maximum Gasteiger partial charge on any atom is 0.407 e. The predicted molar refractivity (Wildman–Crippen MR) is 120 cm³/mol. The van der Waals surface area contributed by atoms with Crippen molar-refractivity contribution in [3.8, 4) is 0 Å². The van der Waals surface area contributed by atoms with Crippen LogP contribution in [0.5, 0.6) is 0 Å². The molecular weight excluding hydrogens is 382 g/mol. The van der Waals surface area contributed by atoms with Gasteiger partial charge in [0.1, 0.15) is 5.60 Å². The Morgan fingerprint density at radius 3 is 2.67 bits per heavy atom. The monoisotopic (exact) mass is 419 g/mol. The molecule has 1 saturated heterocycles. The summed E-state index contributed by atoms with van der Waals surface area (Å²) < 4.78 is 10.8. The first-order chi connectivity index (χ1) is 14.2. The Bertz CT molecular complexity index is 702. The number of carbonyl (C=O) groups is 1. The van der Waals surface area contributed by atoms with Crippen molar-refractivity contribution >= 4 is 12.1 Å². The van der Waals surface area contributed by atoms with Gasteiger partial charge in [-0.3, -0.25) is 9.89 Å². The Labute approximate surface area is 180 Å². The molecule has 1 aromatic carbocycles. The van der Waals surface area contributed by atoms with Crippen LogP contribution in [0.15, 0.2) is 29.3 Å². The quantitative estimate of drug-likeness (QED) is 0.356. The molecule has 0 radical (unpaired) electrons. The molecule has 1 atom stereocenters. The van der Waals surface area contributed by atoms with Gasteiger partial charge in [-0.05, 0) is 38.8 Å². The van der Waals surface area contributed by atoms with Gasteiger partial charge >= 0.3 is 6.09 Å². The van der Waals surface area contributed by atoms with Crippen LogP contribution < -0.4 is 16.0 Å². The summed E-state index contributed by atoms with van der Waals surface area (Å²) in [6.45, 7) is 13.0. The van der Waals surface area contributed by atoms with Gasteiger partial charge in [-0.1, -0.05) is 24.3 Å². The van der Waals surface area contributed by atoms with Crippen LogP contribution >= 0.6 is 0 Å². The molecule has 1 aliphatic rings. The lowest BCUT2D eigenvalue weighted by molar-refractivity contribution is -0.0212. The Morgan fingerprint density at radius 2 is 1.97 bits per heavy atom. The number of rotatable bonds is 7. The largest absolute Gasteiger partial charge is 0.444 e. The molecule has 1 unspecified atom stereocenters. The Morgan fingerprint density at radius 1 is 1.23 bits per heavy atom. The number of amides is 1. The van der Waals surface area contributed by atoms with Crippen molar-refractivity contribution in [1.82, 2.24) is 20.9 Å². The summed E-state index contributed by atoms with van der Waals surface area (Å²) in [7, 11) is 1.73. The minimum atomic E-state index is -0.496. The average Bonchev–Trinajstić information content (AvgIpc) is 2.66. The molecule has 3 N–H and O–H groups in total. The first kappa shape index (κ1) is 24.0. The van der Waals surface area contributed by atoms with Crippen molar-refractivity contribution in [2.75, 3.05) is 39.8 Å². The van der Waals surface area contributed by atoms with Crippen LogP contribution in [0.2, 0.25) is 0 Å². The Balaban J connectivity index is 1.72. The maximum absolute atomic E-state index is 11.7. The predicted octanol–water partition coefficient (Wildman–Crippen LogP) is 2.10. The molecule has 0 aromatic heterocycles. The third kappa shape index (κ3) is 9.45. The molecule has 2 rings (SSSR count). The number of benzene rings is 1. The Hall–Kier alpha value is -2.32. The third-order valence-corrected chi connectivity index (χ3v) is 4.49. The van der Waals surface area contributed by atoms with E-state index >= 15 is 0 Å². The number of aliphatic imine (C=N–C) groups is 1. The normalized spacial score (nSPS) is 18.0. The summed E-state index contributed by atoms with van der Waals surface area (Å²) in [5.74, 6) is 0.688. The molecule has 0 spiro atoms. The van der Waals surface area contributed by atoms with Crippen LogP contribution in [-0.2, 0) is 22.6 Å². The molecule has 1 heterocycles. The minimum absolute atomic E-state index is 0.294. The number of alkyl carbamates (subject to hydrolysis) is 1. The molecule has 1 aromatic rings. The first-order valence-electron chi connectivity index (χ1n) is 10.6. The van der Waals surface area contributed by atoms with Gasteiger partial charge in [0, 0.05) is 46.3 Å². The lowest BCUT2D eigenvalue weighted by atomic mass is 10.1. The first-order valence-corrected chi connectivity index (χ1v) is 10.6. The van der Waals surface area contributed by atoms with E-state index in [0.717, 1.165) is 26.2 Å². The van der Waals surface area contributed by atoms with Crippen molar-refractivity contribution < 1.29 is 14.3 Å². The highest BCUT2D eigenvalue weighted by Gasteiger charge is 2.17. The molecule has 30 heavy (non-hydrogen) atoms. The lowest BCUT2D eigenvalue weighted by Crippen LogP contribution is -2.42. The van der Waals surface area contributed by atoms with E-state index in [2.05, 4.69) is 57.0 Å². The second-order valence-electron chi connectivity index (χ2n) is 8.52. The van der Waals surface area contributed by atoms with Crippen LogP contribution in [0.1, 0.15) is 38.8 Å². The Kier molecular flexibility index (Phi) is 9.39. The summed E-state index contributed by atoms with van der Waals surface area (Å²) in [6.07, 6.45) is -0.124. The topological polar surface area (TPSA) is 87.2 Å². The van der Waals surface area contributed by atoms with Crippen LogP contribution in [-0.4, -0.2) is 68.5 Å². The van der Waals surface area contributed by atoms with Gasteiger partial charge in [0.15, 0.2) is 5.96 Å². The van der Waals surface area contributed by atoms with E-state index in [1.54, 1.807) is 7.05 Å². The molecule has 168 valence electrons. The summed E-state index contributed by atoms with van der Waals surface area (Å²) in [4.78, 5) is 18.3. The highest BCUT2D eigenvalue weighted by Crippen LogP contribution is 2.12. The fourth-order valence-electron chi connectivity index (χ4n) is 3.20. The smallest absolute Gasteiger partial charge is 0.407 e. The fraction of sp³-hybridized carbons (Fsp3) is 0.636. The molecule has 0 bridgehead atoms. The zero-order chi connectivity index (χ0) is 22.0. The summed E-state index contributed by atoms with van der Waals surface area (Å²) in [5.41, 5.74) is 2.00. The zero-order valence-corrected chi connectivity index (χ0v) is 19.0. The number of hydrogen-bond acceptors (Lipinski definition) is 5. The van der Waals surface area contributed by atoms with Crippen LogP contribution in [0, 0.1) is 0 Å². The third-order valence-electron chi connectivity index (χ3n) is 4.49. The highest BCUT2D eigenvalue weighted by atomic mass is 16.6. The lowest BCUT2D eigenvalue weighted by Gasteiger charge is -2.31. The van der Waals surface area contributed by atoms with Crippen LogP contribution in [0.4, 0.5) is 4.79 Å². The average molecular weight is 420 g/mol. The van der Waals surface area contributed by atoms with Gasteiger partial charge < -0.3 is 25.4 Å². The summed E-state index contributed by atoms with van der Waals surface area (Å²) >= 11 is 0. The van der Waals surface area contributed by atoms with Crippen molar-refractivity contribution in [2.45, 2.75) is 52.5 Å². The van der Waals surface area contributed by atoms with E-state index in [4.69, 9.17) is 9.47 Å². The van der Waals surface area contributed by atoms with Gasteiger partial charge in [-0.25, -0.2) is 4.79 Å². The molecule has 0 aliphatic carbocycles. The van der Waals surface area contributed by atoms with Crippen molar-refractivity contribution in [2.24, 2.45) is 4.99 Å². The summed E-state index contributed by atoms with van der Waals surface area (Å²) in [6, 6.07) is 8.59. The number of carbonyl (C=O) groups excluding carboxylic acids is 1.